The van der Waals surface area contributed by atoms with Crippen molar-refractivity contribution in [3.63, 3.8) is 0 Å². The second-order valence-electron chi connectivity index (χ2n) is 5.62. The van der Waals surface area contributed by atoms with Gasteiger partial charge in [-0.1, -0.05) is 12.1 Å². The topological polar surface area (TPSA) is 104 Å². The van der Waals surface area contributed by atoms with Crippen LogP contribution in [0.1, 0.15) is 21.5 Å². The number of hydrogen-bond acceptors (Lipinski definition) is 3. The Kier molecular flexibility index (Phi) is 6.00. The molecule has 0 aromatic heterocycles. The van der Waals surface area contributed by atoms with Crippen LogP contribution >= 0.6 is 0 Å². The van der Waals surface area contributed by atoms with Gasteiger partial charge < -0.3 is 15.5 Å². The van der Waals surface area contributed by atoms with Crippen LogP contribution in [0.5, 0.6) is 0 Å². The minimum absolute atomic E-state index is 0.0535. The number of aromatic carboxylic acids is 1. The molecule has 0 saturated heterocycles. The number of hydrogen-bond donors (Lipinski definition) is 3. The highest BCUT2D eigenvalue weighted by atomic mass is 19.1. The van der Waals surface area contributed by atoms with Gasteiger partial charge in [-0.2, -0.15) is 0 Å². The minimum Gasteiger partial charge on any atom is -0.480 e. The molecule has 8 heteroatoms. The van der Waals surface area contributed by atoms with Crippen molar-refractivity contribution >= 4 is 17.8 Å². The van der Waals surface area contributed by atoms with E-state index in [2.05, 4.69) is 5.32 Å². The quantitative estimate of drug-likeness (QED) is 0.698. The van der Waals surface area contributed by atoms with Crippen LogP contribution in [0.15, 0.2) is 42.5 Å². The zero-order valence-corrected chi connectivity index (χ0v) is 13.4. The smallest absolute Gasteiger partial charge is 0.335 e. The van der Waals surface area contributed by atoms with Gasteiger partial charge in [-0.15, -0.1) is 0 Å². The lowest BCUT2D eigenvalue weighted by Gasteiger charge is -2.15. The van der Waals surface area contributed by atoms with Crippen LogP contribution in [0, 0.1) is 11.6 Å². The zero-order chi connectivity index (χ0) is 19.3. The zero-order valence-electron chi connectivity index (χ0n) is 13.4. The monoisotopic (exact) mass is 363 g/mol. The van der Waals surface area contributed by atoms with E-state index in [0.29, 0.717) is 11.6 Å². The van der Waals surface area contributed by atoms with E-state index < -0.39 is 35.5 Å². The maximum atomic E-state index is 13.1. The van der Waals surface area contributed by atoms with Gasteiger partial charge in [0, 0.05) is 12.5 Å². The molecule has 0 fully saturated rings. The van der Waals surface area contributed by atoms with E-state index in [9.17, 15) is 28.3 Å². The van der Waals surface area contributed by atoms with Crippen molar-refractivity contribution < 1.29 is 33.4 Å². The van der Waals surface area contributed by atoms with Crippen molar-refractivity contribution in [1.29, 1.82) is 0 Å². The lowest BCUT2D eigenvalue weighted by molar-refractivity contribution is -0.141. The Balaban J connectivity index is 2.03. The molecular formula is C18H15F2NO5. The maximum Gasteiger partial charge on any atom is 0.335 e. The normalized spacial score (nSPS) is 11.6. The molecule has 2 rings (SSSR count). The molecule has 0 saturated carbocycles. The van der Waals surface area contributed by atoms with Crippen molar-refractivity contribution in [2.24, 2.45) is 0 Å². The Bertz CT molecular complexity index is 816. The lowest BCUT2D eigenvalue weighted by Crippen LogP contribution is -2.43. The fourth-order valence-corrected chi connectivity index (χ4v) is 2.36. The number of carbonyl (C=O) groups is 3. The SMILES string of the molecule is O=C(Cc1cc(F)cc(F)c1)N[C@H](Cc1ccc(C(=O)O)cc1)C(=O)O. The first-order valence-corrected chi connectivity index (χ1v) is 7.54. The van der Waals surface area contributed by atoms with Crippen molar-refractivity contribution in [2.45, 2.75) is 18.9 Å². The number of rotatable bonds is 7. The number of carbonyl (C=O) groups excluding carboxylic acids is 1. The van der Waals surface area contributed by atoms with Gasteiger partial charge in [-0.25, -0.2) is 18.4 Å². The van der Waals surface area contributed by atoms with Crippen LogP contribution in [0.25, 0.3) is 0 Å². The Labute approximate surface area is 147 Å². The van der Waals surface area contributed by atoms with Crippen molar-refractivity contribution in [1.82, 2.24) is 5.32 Å². The van der Waals surface area contributed by atoms with Gasteiger partial charge in [-0.05, 0) is 35.4 Å². The molecular weight excluding hydrogens is 348 g/mol. The molecule has 0 radical (unpaired) electrons. The molecule has 2 aromatic rings. The summed E-state index contributed by atoms with van der Waals surface area (Å²) in [4.78, 5) is 34.1. The molecule has 0 spiro atoms. The van der Waals surface area contributed by atoms with Gasteiger partial charge in [0.05, 0.1) is 12.0 Å². The number of halogens is 2. The summed E-state index contributed by atoms with van der Waals surface area (Å²) in [6, 6.07) is 6.94. The third kappa shape index (κ3) is 5.37. The summed E-state index contributed by atoms with van der Waals surface area (Å²) in [5.41, 5.74) is 0.646. The second-order valence-corrected chi connectivity index (χ2v) is 5.62. The van der Waals surface area contributed by atoms with E-state index >= 15 is 0 Å². The number of amides is 1. The van der Waals surface area contributed by atoms with Crippen LogP contribution < -0.4 is 5.32 Å². The molecule has 0 aliphatic carbocycles. The van der Waals surface area contributed by atoms with Gasteiger partial charge in [0.25, 0.3) is 0 Å². The molecule has 1 amide bonds. The van der Waals surface area contributed by atoms with Crippen LogP contribution in [0.2, 0.25) is 0 Å². The van der Waals surface area contributed by atoms with Crippen molar-refractivity contribution in [3.8, 4) is 0 Å². The molecule has 3 N–H and O–H groups in total. The summed E-state index contributed by atoms with van der Waals surface area (Å²) in [5, 5.41) is 20.4. The molecule has 6 nitrogen and oxygen atoms in total. The Morgan fingerprint density at radius 1 is 0.923 bits per heavy atom. The summed E-state index contributed by atoms with van der Waals surface area (Å²) in [7, 11) is 0. The highest BCUT2D eigenvalue weighted by Gasteiger charge is 2.21. The maximum absolute atomic E-state index is 13.1. The predicted molar refractivity (Wildman–Crippen MR) is 86.7 cm³/mol. The van der Waals surface area contributed by atoms with E-state index in [-0.39, 0.29) is 24.0 Å². The molecule has 2 aromatic carbocycles. The molecule has 1 atom stereocenters. The van der Waals surface area contributed by atoms with Crippen LogP contribution in [0.4, 0.5) is 8.78 Å². The van der Waals surface area contributed by atoms with Gasteiger partial charge >= 0.3 is 11.9 Å². The van der Waals surface area contributed by atoms with Gasteiger partial charge in [-0.3, -0.25) is 4.79 Å². The first kappa shape index (κ1) is 19.0. The predicted octanol–water partition coefficient (Wildman–Crippen LogP) is 2.02. The molecule has 0 aliphatic rings. The Morgan fingerprint density at radius 3 is 2.00 bits per heavy atom. The number of aliphatic carboxylic acids is 1. The number of benzene rings is 2. The number of carboxylic acids is 2. The third-order valence-corrected chi connectivity index (χ3v) is 3.56. The highest BCUT2D eigenvalue weighted by molar-refractivity contribution is 5.87. The standard InChI is InChI=1S/C18H15F2NO5/c19-13-5-11(6-14(20)9-13)8-16(22)21-15(18(25)26)7-10-1-3-12(4-2-10)17(23)24/h1-6,9,15H,7-8H2,(H,21,22)(H,23,24)(H,25,26)/t15-/m1/s1. The van der Waals surface area contributed by atoms with Gasteiger partial charge in [0.15, 0.2) is 0 Å². The molecule has 136 valence electrons. The van der Waals surface area contributed by atoms with Crippen LogP contribution in [0.3, 0.4) is 0 Å². The average molecular weight is 363 g/mol. The Hall–Kier alpha value is -3.29. The fraction of sp³-hybridized carbons (Fsp3) is 0.167. The number of nitrogens with one attached hydrogen (secondary N) is 1. The first-order chi connectivity index (χ1) is 12.2. The third-order valence-electron chi connectivity index (χ3n) is 3.56. The molecule has 0 heterocycles. The average Bonchev–Trinajstić information content (AvgIpc) is 2.53. The lowest BCUT2D eigenvalue weighted by atomic mass is 10.0. The van der Waals surface area contributed by atoms with Crippen molar-refractivity contribution in [2.75, 3.05) is 0 Å². The van der Waals surface area contributed by atoms with E-state index in [0.717, 1.165) is 12.1 Å². The molecule has 0 unspecified atom stereocenters. The summed E-state index contributed by atoms with van der Waals surface area (Å²) in [5.74, 6) is -4.76. The van der Waals surface area contributed by atoms with Crippen LogP contribution in [-0.4, -0.2) is 34.1 Å². The number of carboxylic acid groups (broad SMARTS) is 2. The molecule has 26 heavy (non-hydrogen) atoms. The Morgan fingerprint density at radius 2 is 1.50 bits per heavy atom. The van der Waals surface area contributed by atoms with E-state index in [4.69, 9.17) is 5.11 Å². The largest absolute Gasteiger partial charge is 0.480 e. The van der Waals surface area contributed by atoms with E-state index in [1.807, 2.05) is 0 Å². The molecule has 0 aliphatic heterocycles. The van der Waals surface area contributed by atoms with E-state index in [1.165, 1.54) is 24.3 Å². The second kappa shape index (κ2) is 8.19. The summed E-state index contributed by atoms with van der Waals surface area (Å²) in [6.45, 7) is 0. The van der Waals surface area contributed by atoms with Crippen LogP contribution in [-0.2, 0) is 22.4 Å². The van der Waals surface area contributed by atoms with Gasteiger partial charge in [0.2, 0.25) is 5.91 Å². The fourth-order valence-electron chi connectivity index (χ4n) is 2.36. The van der Waals surface area contributed by atoms with Gasteiger partial charge in [0.1, 0.15) is 17.7 Å². The molecule has 0 bridgehead atoms. The minimum atomic E-state index is -1.29. The summed E-state index contributed by atoms with van der Waals surface area (Å²) >= 11 is 0. The van der Waals surface area contributed by atoms with E-state index in [1.54, 1.807) is 0 Å². The van der Waals surface area contributed by atoms with Crippen molar-refractivity contribution in [3.05, 3.63) is 70.8 Å². The summed E-state index contributed by atoms with van der Waals surface area (Å²) in [6.07, 6.45) is -0.450. The highest BCUT2D eigenvalue weighted by Crippen LogP contribution is 2.10. The summed E-state index contributed by atoms with van der Waals surface area (Å²) < 4.78 is 26.3. The first-order valence-electron chi connectivity index (χ1n) is 7.54.